The fourth-order valence-electron chi connectivity index (χ4n) is 1.76. The van der Waals surface area contributed by atoms with Crippen LogP contribution < -0.4 is 0 Å². The summed E-state index contributed by atoms with van der Waals surface area (Å²) in [5.41, 5.74) is 0.437. The number of Topliss-reactive ketones (excluding diaryl/α,β-unsaturated/α-hetero) is 1. The molecule has 0 bridgehead atoms. The fraction of sp³-hybridized carbons (Fsp3) is 0.364. The first-order valence-electron chi connectivity index (χ1n) is 4.53. The summed E-state index contributed by atoms with van der Waals surface area (Å²) in [6.07, 6.45) is 1.70. The van der Waals surface area contributed by atoms with Gasteiger partial charge in [0.25, 0.3) is 0 Å². The van der Waals surface area contributed by atoms with E-state index in [9.17, 15) is 9.18 Å². The molecule has 0 N–H and O–H groups in total. The molecule has 0 radical (unpaired) electrons. The van der Waals surface area contributed by atoms with Crippen LogP contribution in [0.5, 0.6) is 0 Å². The smallest absolute Gasteiger partial charge is 0.140 e. The molecule has 0 unspecified atom stereocenters. The van der Waals surface area contributed by atoms with Crippen molar-refractivity contribution in [3.8, 4) is 0 Å². The molecule has 0 spiro atoms. The molecule has 2 rings (SSSR count). The van der Waals surface area contributed by atoms with E-state index < -0.39 is 0 Å². The van der Waals surface area contributed by atoms with Gasteiger partial charge in [-0.3, -0.25) is 4.79 Å². The van der Waals surface area contributed by atoms with Crippen LogP contribution in [0.1, 0.15) is 25.3 Å². The molecule has 0 aliphatic heterocycles. The van der Waals surface area contributed by atoms with Crippen molar-refractivity contribution in [2.75, 3.05) is 0 Å². The fourth-order valence-corrected chi connectivity index (χ4v) is 2.01. The number of halogens is 2. The van der Waals surface area contributed by atoms with Crippen LogP contribution in [0.15, 0.2) is 22.7 Å². The van der Waals surface area contributed by atoms with Crippen LogP contribution in [0, 0.1) is 5.82 Å². The normalized spacial score (nSPS) is 17.9. The Labute approximate surface area is 90.4 Å². The third-order valence-electron chi connectivity index (χ3n) is 2.90. The third-order valence-corrected chi connectivity index (χ3v) is 3.54. The van der Waals surface area contributed by atoms with Crippen LogP contribution in [-0.4, -0.2) is 5.78 Å². The summed E-state index contributed by atoms with van der Waals surface area (Å²) < 4.78 is 13.7. The van der Waals surface area contributed by atoms with Crippen LogP contribution in [0.4, 0.5) is 4.39 Å². The van der Waals surface area contributed by atoms with E-state index in [1.54, 1.807) is 13.0 Å². The number of carbonyl (C=O) groups excluding carboxylic acids is 1. The van der Waals surface area contributed by atoms with Crippen molar-refractivity contribution >= 4 is 21.7 Å². The molecule has 74 valence electrons. The van der Waals surface area contributed by atoms with Crippen molar-refractivity contribution in [2.45, 2.75) is 25.2 Å². The highest BCUT2D eigenvalue weighted by atomic mass is 79.9. The van der Waals surface area contributed by atoms with Gasteiger partial charge in [-0.15, -0.1) is 0 Å². The zero-order chi connectivity index (χ0) is 10.3. The Morgan fingerprint density at radius 3 is 2.57 bits per heavy atom. The molecule has 0 atom stereocenters. The number of rotatable bonds is 2. The van der Waals surface area contributed by atoms with Crippen molar-refractivity contribution in [3.63, 3.8) is 0 Å². The maximum absolute atomic E-state index is 13.2. The molecular weight excluding hydrogens is 247 g/mol. The van der Waals surface area contributed by atoms with Crippen molar-refractivity contribution in [3.05, 3.63) is 34.1 Å². The number of hydrogen-bond donors (Lipinski definition) is 0. The molecule has 1 aromatic carbocycles. The molecule has 14 heavy (non-hydrogen) atoms. The Balaban J connectivity index is 2.43. The minimum absolute atomic E-state index is 0.138. The standard InChI is InChI=1S/C11H10BrFO/c1-7(14)11(4-5-11)8-2-3-9(12)10(13)6-8/h2-3,6H,4-5H2,1H3. The molecule has 1 saturated carbocycles. The predicted octanol–water partition coefficient (Wildman–Crippen LogP) is 3.21. The summed E-state index contributed by atoms with van der Waals surface area (Å²) in [5, 5.41) is 0. The average Bonchev–Trinajstić information content (AvgIpc) is 2.90. The largest absolute Gasteiger partial charge is 0.299 e. The second-order valence-corrected chi connectivity index (χ2v) is 4.62. The van der Waals surface area contributed by atoms with E-state index in [1.807, 2.05) is 6.07 Å². The Morgan fingerprint density at radius 2 is 2.14 bits per heavy atom. The van der Waals surface area contributed by atoms with Gasteiger partial charge >= 0.3 is 0 Å². The van der Waals surface area contributed by atoms with Crippen molar-refractivity contribution in [2.24, 2.45) is 0 Å². The van der Waals surface area contributed by atoms with Gasteiger partial charge in [0.1, 0.15) is 11.6 Å². The van der Waals surface area contributed by atoms with E-state index in [-0.39, 0.29) is 17.0 Å². The van der Waals surface area contributed by atoms with Crippen molar-refractivity contribution < 1.29 is 9.18 Å². The van der Waals surface area contributed by atoms with Crippen LogP contribution in [0.3, 0.4) is 0 Å². The second kappa shape index (κ2) is 3.16. The lowest BCUT2D eigenvalue weighted by atomic mass is 9.92. The van der Waals surface area contributed by atoms with Gasteiger partial charge in [0.2, 0.25) is 0 Å². The Morgan fingerprint density at radius 1 is 1.50 bits per heavy atom. The third kappa shape index (κ3) is 1.40. The van der Waals surface area contributed by atoms with E-state index in [2.05, 4.69) is 15.9 Å². The van der Waals surface area contributed by atoms with E-state index in [4.69, 9.17) is 0 Å². The molecule has 0 heterocycles. The number of carbonyl (C=O) groups is 1. The van der Waals surface area contributed by atoms with Crippen molar-refractivity contribution in [1.82, 2.24) is 0 Å². The molecule has 0 saturated heterocycles. The lowest BCUT2D eigenvalue weighted by Gasteiger charge is -2.11. The van der Waals surface area contributed by atoms with E-state index in [0.29, 0.717) is 4.47 Å². The first kappa shape index (κ1) is 9.84. The molecule has 1 fully saturated rings. The Kier molecular flexibility index (Phi) is 2.22. The van der Waals surface area contributed by atoms with Gasteiger partial charge in [-0.1, -0.05) is 6.07 Å². The lowest BCUT2D eigenvalue weighted by Crippen LogP contribution is -2.16. The zero-order valence-electron chi connectivity index (χ0n) is 7.81. The topological polar surface area (TPSA) is 17.1 Å². The first-order valence-corrected chi connectivity index (χ1v) is 5.32. The van der Waals surface area contributed by atoms with Gasteiger partial charge in [0.15, 0.2) is 0 Å². The SMILES string of the molecule is CC(=O)C1(c2ccc(Br)c(F)c2)CC1. The highest BCUT2D eigenvalue weighted by Crippen LogP contribution is 2.49. The lowest BCUT2D eigenvalue weighted by molar-refractivity contribution is -0.119. The van der Waals surface area contributed by atoms with Crippen LogP contribution in [0.25, 0.3) is 0 Å². The molecule has 0 aromatic heterocycles. The number of benzene rings is 1. The van der Waals surface area contributed by atoms with E-state index in [0.717, 1.165) is 18.4 Å². The monoisotopic (exact) mass is 256 g/mol. The second-order valence-electron chi connectivity index (χ2n) is 3.77. The molecule has 3 heteroatoms. The summed E-state index contributed by atoms with van der Waals surface area (Å²) in [4.78, 5) is 11.4. The minimum atomic E-state index is -0.373. The molecule has 1 aliphatic carbocycles. The highest BCUT2D eigenvalue weighted by Gasteiger charge is 2.48. The van der Waals surface area contributed by atoms with Crippen LogP contribution >= 0.6 is 15.9 Å². The number of hydrogen-bond acceptors (Lipinski definition) is 1. The summed E-state index contributed by atoms with van der Waals surface area (Å²) in [7, 11) is 0. The predicted molar refractivity (Wildman–Crippen MR) is 55.7 cm³/mol. The summed E-state index contributed by atoms with van der Waals surface area (Å²) >= 11 is 3.09. The molecule has 1 aliphatic rings. The van der Waals surface area contributed by atoms with Crippen molar-refractivity contribution in [1.29, 1.82) is 0 Å². The summed E-state index contributed by atoms with van der Waals surface area (Å²) in [6.45, 7) is 1.58. The minimum Gasteiger partial charge on any atom is -0.299 e. The van der Waals surface area contributed by atoms with Gasteiger partial charge in [-0.2, -0.15) is 0 Å². The zero-order valence-corrected chi connectivity index (χ0v) is 9.40. The summed E-state index contributed by atoms with van der Waals surface area (Å²) in [5.74, 6) is -0.158. The molecule has 1 aromatic rings. The Bertz CT molecular complexity index is 396. The van der Waals surface area contributed by atoms with Gasteiger partial charge in [0.05, 0.1) is 9.89 Å². The molecular formula is C11H10BrFO. The van der Waals surface area contributed by atoms with E-state index >= 15 is 0 Å². The summed E-state index contributed by atoms with van der Waals surface area (Å²) in [6, 6.07) is 4.94. The maximum atomic E-state index is 13.2. The van der Waals surface area contributed by atoms with Gasteiger partial charge < -0.3 is 0 Å². The maximum Gasteiger partial charge on any atom is 0.140 e. The van der Waals surface area contributed by atoms with E-state index in [1.165, 1.54) is 6.07 Å². The molecule has 1 nitrogen and oxygen atoms in total. The average molecular weight is 257 g/mol. The van der Waals surface area contributed by atoms with Crippen LogP contribution in [-0.2, 0) is 10.2 Å². The van der Waals surface area contributed by atoms with Gasteiger partial charge in [-0.05, 0) is 53.4 Å². The van der Waals surface area contributed by atoms with Crippen LogP contribution in [0.2, 0.25) is 0 Å². The molecule has 0 amide bonds. The number of ketones is 1. The Hall–Kier alpha value is -0.700. The highest BCUT2D eigenvalue weighted by molar-refractivity contribution is 9.10. The quantitative estimate of drug-likeness (QED) is 0.795. The van der Waals surface area contributed by atoms with Gasteiger partial charge in [-0.25, -0.2) is 4.39 Å². The van der Waals surface area contributed by atoms with Gasteiger partial charge in [0, 0.05) is 0 Å². The first-order chi connectivity index (χ1) is 6.56.